The number of nitrogens with zero attached hydrogens (tertiary/aromatic N) is 9. The van der Waals surface area contributed by atoms with Gasteiger partial charge in [0.05, 0.1) is 29.5 Å². The summed E-state index contributed by atoms with van der Waals surface area (Å²) in [6.45, 7) is -0.0438. The normalized spacial score (nSPS) is 18.5. The van der Waals surface area contributed by atoms with Crippen molar-refractivity contribution in [2.45, 2.75) is 6.42 Å². The molecule has 6 N–H and O–H groups in total. The van der Waals surface area contributed by atoms with Gasteiger partial charge >= 0.3 is 0 Å². The largest absolute Gasteiger partial charge is 0.744 e. The number of hydrogen-bond acceptors (Lipinski definition) is 18. The van der Waals surface area contributed by atoms with Crippen LogP contribution >= 0.6 is 12.0 Å². The van der Waals surface area contributed by atoms with E-state index in [0.29, 0.717) is 28.2 Å². The second-order valence-corrected chi connectivity index (χ2v) is 11.1. The average molecular weight is 655 g/mol. The molecule has 0 radical (unpaired) electrons. The number of aliphatic hydroxyl groups excluding tert-OH is 2. The number of nitrogen functional groups attached to an aromatic ring is 1. The Hall–Kier alpha value is -4.66. The Morgan fingerprint density at radius 1 is 0.956 bits per heavy atom. The molecule has 45 heavy (non-hydrogen) atoms. The lowest BCUT2D eigenvalue weighted by molar-refractivity contribution is 0.296. The summed E-state index contributed by atoms with van der Waals surface area (Å²) in [5.74, 6) is 0.601. The first-order chi connectivity index (χ1) is 21.5. The van der Waals surface area contributed by atoms with Crippen LogP contribution in [0, 0.1) is 0 Å². The topological polar surface area (TPSA) is 261 Å². The van der Waals surface area contributed by atoms with Crippen molar-refractivity contribution in [3.8, 4) is 0 Å². The van der Waals surface area contributed by atoms with E-state index in [-0.39, 0.29) is 73.0 Å². The highest BCUT2D eigenvalue weighted by molar-refractivity contribution is 7.98. The van der Waals surface area contributed by atoms with Gasteiger partial charge in [0.2, 0.25) is 17.8 Å². The van der Waals surface area contributed by atoms with Crippen molar-refractivity contribution in [3.05, 3.63) is 75.4 Å². The van der Waals surface area contributed by atoms with E-state index in [1.165, 1.54) is 24.3 Å². The number of hydrogen-bond donors (Lipinski definition) is 5. The van der Waals surface area contributed by atoms with Crippen LogP contribution in [0.3, 0.4) is 0 Å². The van der Waals surface area contributed by atoms with E-state index in [2.05, 4.69) is 45.2 Å². The van der Waals surface area contributed by atoms with Crippen LogP contribution in [-0.4, -0.2) is 103 Å². The molecule has 4 rings (SSSR count). The van der Waals surface area contributed by atoms with Crippen molar-refractivity contribution >= 4 is 63.3 Å². The molecular weight excluding hydrogens is 626 g/mol. The lowest BCUT2D eigenvalue weighted by Gasteiger charge is -2.17. The highest BCUT2D eigenvalue weighted by Crippen LogP contribution is 2.29. The van der Waals surface area contributed by atoms with E-state index in [9.17, 15) is 22.6 Å². The van der Waals surface area contributed by atoms with E-state index in [0.717, 1.165) is 6.08 Å². The molecule has 236 valence electrons. The van der Waals surface area contributed by atoms with Crippen molar-refractivity contribution in [3.63, 3.8) is 0 Å². The minimum absolute atomic E-state index is 0.0132. The molecule has 0 fully saturated rings. The van der Waals surface area contributed by atoms with Gasteiger partial charge in [-0.2, -0.15) is 29.9 Å². The fourth-order valence-corrected chi connectivity index (χ4v) is 4.89. The molecule has 17 nitrogen and oxygen atoms in total. The highest BCUT2D eigenvalue weighted by atomic mass is 32.2. The second-order valence-electron chi connectivity index (χ2n) is 9.08. The van der Waals surface area contributed by atoms with Crippen molar-refractivity contribution in [1.29, 1.82) is 0 Å². The summed E-state index contributed by atoms with van der Waals surface area (Å²) in [6.07, 6.45) is 11.9. The molecule has 0 bridgehead atoms. The first kappa shape index (κ1) is 33.2. The molecule has 0 aliphatic heterocycles. The molecule has 2 aliphatic carbocycles. The minimum Gasteiger partial charge on any atom is -0.744 e. The van der Waals surface area contributed by atoms with Crippen LogP contribution in [0.5, 0.6) is 0 Å². The van der Waals surface area contributed by atoms with Crippen molar-refractivity contribution in [2.75, 3.05) is 49.8 Å². The molecule has 0 amide bonds. The standard InChI is InChI=1S/C26H29N11O6S2/c1-28-23-31-21(9-11-38)32-24(35-23)30-18-8-6-16(20(14-18)45(41,42)43)4-3-15-5-7-17(13-19(15)44-40)29-25-33-22(27)34-26(36-25)37(2)10-12-39/h3-8,13-14,38-40H,9-12H2,1-2H3,(H,41,42,43)(H2,27,33,34,36)(H,28,31,32,35)/p-1/b15-3-,16-4-,29-17+,30-18+. The smallest absolute Gasteiger partial charge is 0.256 e. The molecule has 0 atom stereocenters. The predicted molar refractivity (Wildman–Crippen MR) is 169 cm³/mol. The summed E-state index contributed by atoms with van der Waals surface area (Å²) in [5.41, 5.74) is 6.84. The molecule has 0 spiro atoms. The number of nitrogens with one attached hydrogen (secondary N) is 1. The fraction of sp³-hybridized carbons (Fsp3) is 0.231. The molecule has 2 aliphatic rings. The number of aliphatic hydroxyl groups is 2. The number of allylic oxidation sites excluding steroid dienone is 10. The molecule has 0 aromatic carbocycles. The number of anilines is 3. The number of rotatable bonds is 11. The van der Waals surface area contributed by atoms with Gasteiger partial charge in [-0.25, -0.2) is 18.4 Å². The summed E-state index contributed by atoms with van der Waals surface area (Å²) >= 11 is 0.434. The zero-order valence-electron chi connectivity index (χ0n) is 23.9. The zero-order chi connectivity index (χ0) is 32.6. The van der Waals surface area contributed by atoms with Gasteiger partial charge in [0, 0.05) is 44.0 Å². The quantitative estimate of drug-likeness (QED) is 0.167. The van der Waals surface area contributed by atoms with E-state index in [1.54, 1.807) is 37.2 Å². The monoisotopic (exact) mass is 654 g/mol. The third-order valence-electron chi connectivity index (χ3n) is 5.90. The number of nitrogens with two attached hydrogens (primary N) is 1. The van der Waals surface area contributed by atoms with Gasteiger partial charge in [-0.15, -0.1) is 0 Å². The number of aromatic nitrogens is 6. The zero-order valence-corrected chi connectivity index (χ0v) is 25.6. The predicted octanol–water partition coefficient (Wildman–Crippen LogP) is 1.00. The van der Waals surface area contributed by atoms with Crippen LogP contribution in [0.15, 0.2) is 79.5 Å². The third-order valence-corrected chi connectivity index (χ3v) is 7.34. The maximum absolute atomic E-state index is 12.2. The average Bonchev–Trinajstić information content (AvgIpc) is 3.00. The second kappa shape index (κ2) is 14.9. The Kier molecular flexibility index (Phi) is 11.0. The number of likely N-dealkylation sites (N-methyl/N-ethyl adjacent to an activating group) is 1. The molecule has 19 heteroatoms. The number of aliphatic imine (C=N–C) groups is 2. The summed E-state index contributed by atoms with van der Waals surface area (Å²) < 4.78 is 46.4. The van der Waals surface area contributed by atoms with Crippen LogP contribution in [-0.2, 0) is 16.5 Å². The molecule has 0 saturated heterocycles. The van der Waals surface area contributed by atoms with Crippen molar-refractivity contribution in [1.82, 2.24) is 29.9 Å². The first-order valence-electron chi connectivity index (χ1n) is 13.1. The van der Waals surface area contributed by atoms with Crippen LogP contribution in [0.2, 0.25) is 0 Å². The maximum atomic E-state index is 12.2. The maximum Gasteiger partial charge on any atom is 0.256 e. The minimum atomic E-state index is -4.93. The van der Waals surface area contributed by atoms with E-state index >= 15 is 0 Å². The summed E-state index contributed by atoms with van der Waals surface area (Å²) in [7, 11) is -1.67. The van der Waals surface area contributed by atoms with Crippen LogP contribution in [0.25, 0.3) is 0 Å². The molecule has 2 aromatic rings. The highest BCUT2D eigenvalue weighted by Gasteiger charge is 2.17. The summed E-state index contributed by atoms with van der Waals surface area (Å²) in [6, 6.07) is 0. The SMILES string of the molecule is CNc1nc(CCO)nc(/N=C2C=C/C(=C/C=C3C=C/C(=N\c4nc(N)nc(N(C)CCO)n4)C=C/3SO)C(S(=O)(=O)[O-])=C\2)n1. The lowest BCUT2D eigenvalue weighted by Crippen LogP contribution is -2.24. The Labute approximate surface area is 262 Å². The Morgan fingerprint density at radius 3 is 2.27 bits per heavy atom. The van der Waals surface area contributed by atoms with Crippen molar-refractivity contribution < 1.29 is 27.7 Å². The van der Waals surface area contributed by atoms with Crippen LogP contribution < -0.4 is 16.0 Å². The van der Waals surface area contributed by atoms with E-state index < -0.39 is 15.0 Å². The van der Waals surface area contributed by atoms with E-state index in [4.69, 9.17) is 10.8 Å². The Morgan fingerprint density at radius 2 is 1.62 bits per heavy atom. The Balaban J connectivity index is 1.63. The van der Waals surface area contributed by atoms with Crippen LogP contribution in [0.4, 0.5) is 29.7 Å². The lowest BCUT2D eigenvalue weighted by atomic mass is 10.0. The van der Waals surface area contributed by atoms with Gasteiger partial charge in [-0.1, -0.05) is 24.3 Å². The Bertz CT molecular complexity index is 1810. The van der Waals surface area contributed by atoms with Gasteiger partial charge < -0.3 is 35.3 Å². The van der Waals surface area contributed by atoms with Gasteiger partial charge in [-0.05, 0) is 35.5 Å². The third kappa shape index (κ3) is 8.94. The van der Waals surface area contributed by atoms with Crippen LogP contribution in [0.1, 0.15) is 5.82 Å². The fourth-order valence-electron chi connectivity index (χ4n) is 3.79. The molecule has 2 heterocycles. The van der Waals surface area contributed by atoms with E-state index in [1.807, 2.05) is 0 Å². The van der Waals surface area contributed by atoms with Gasteiger partial charge in [0.15, 0.2) is 0 Å². The molecular formula is C26H28N11O6S2-. The van der Waals surface area contributed by atoms with Crippen molar-refractivity contribution in [2.24, 2.45) is 9.98 Å². The molecule has 0 unspecified atom stereocenters. The summed E-state index contributed by atoms with van der Waals surface area (Å²) in [4.78, 5) is 34.6. The van der Waals surface area contributed by atoms with Gasteiger partial charge in [0.25, 0.3) is 11.9 Å². The summed E-state index contributed by atoms with van der Waals surface area (Å²) in [5, 5.41) is 21.1. The molecule has 0 saturated carbocycles. The first-order valence-corrected chi connectivity index (χ1v) is 15.2. The molecule has 2 aromatic heterocycles. The van der Waals surface area contributed by atoms with Gasteiger partial charge in [-0.3, -0.25) is 0 Å². The van der Waals surface area contributed by atoms with Gasteiger partial charge in [0.1, 0.15) is 15.9 Å².